The zero-order valence-corrected chi connectivity index (χ0v) is 22.1. The van der Waals surface area contributed by atoms with E-state index in [4.69, 9.17) is 4.74 Å². The van der Waals surface area contributed by atoms with Crippen LogP contribution in [0.5, 0.6) is 0 Å². The Kier molecular flexibility index (Phi) is 7.91. The summed E-state index contributed by atoms with van der Waals surface area (Å²) in [7, 11) is 0. The van der Waals surface area contributed by atoms with Crippen molar-refractivity contribution in [1.29, 1.82) is 0 Å². The Bertz CT molecular complexity index is 1150. The van der Waals surface area contributed by atoms with Gasteiger partial charge in [-0.15, -0.1) is 11.3 Å². The highest BCUT2D eigenvalue weighted by Gasteiger charge is 2.33. The van der Waals surface area contributed by atoms with Crippen LogP contribution in [0.4, 0.5) is 5.69 Å². The van der Waals surface area contributed by atoms with Crippen LogP contribution in [0.1, 0.15) is 51.8 Å². The van der Waals surface area contributed by atoms with E-state index in [1.54, 1.807) is 34.9 Å². The maximum absolute atomic E-state index is 13.2. The molecular weight excluding hydrogens is 534 g/mol. The zero-order valence-electron chi connectivity index (χ0n) is 19.7. The number of benzene rings is 1. The molecule has 8 nitrogen and oxygen atoms in total. The van der Waals surface area contributed by atoms with E-state index in [2.05, 4.69) is 21.2 Å². The first-order chi connectivity index (χ1) is 16.8. The summed E-state index contributed by atoms with van der Waals surface area (Å²) in [5.41, 5.74) is 2.01. The molecule has 1 N–H and O–H groups in total. The van der Waals surface area contributed by atoms with Gasteiger partial charge in [0.05, 0.1) is 27.2 Å². The topological polar surface area (TPSA) is 96.0 Å². The predicted molar refractivity (Wildman–Crippen MR) is 137 cm³/mol. The lowest BCUT2D eigenvalue weighted by atomic mass is 9.96. The first kappa shape index (κ1) is 25.4. The van der Waals surface area contributed by atoms with Gasteiger partial charge >= 0.3 is 5.97 Å². The van der Waals surface area contributed by atoms with Crippen molar-refractivity contribution < 1.29 is 23.9 Å². The number of amides is 3. The Morgan fingerprint density at radius 1 is 1.20 bits per heavy atom. The second-order valence-electron chi connectivity index (χ2n) is 8.82. The van der Waals surface area contributed by atoms with E-state index in [1.807, 2.05) is 19.1 Å². The number of anilines is 1. The predicted octanol–water partition coefficient (Wildman–Crippen LogP) is 3.77. The number of likely N-dealkylation sites (tertiary alicyclic amines) is 1. The van der Waals surface area contributed by atoms with Gasteiger partial charge in [0.25, 0.3) is 11.8 Å². The van der Waals surface area contributed by atoms with Crippen LogP contribution in [0.2, 0.25) is 0 Å². The molecule has 1 aromatic carbocycles. The highest BCUT2D eigenvalue weighted by Crippen LogP contribution is 2.27. The fraction of sp³-hybridized carbons (Fsp3) is 0.440. The molecule has 2 aliphatic rings. The van der Waals surface area contributed by atoms with Gasteiger partial charge in [0.2, 0.25) is 5.91 Å². The lowest BCUT2D eigenvalue weighted by Gasteiger charge is -2.32. The molecule has 10 heteroatoms. The van der Waals surface area contributed by atoms with Crippen molar-refractivity contribution in [3.05, 3.63) is 50.1 Å². The number of carbonyl (C=O) groups excluding carboxylic acids is 4. The lowest BCUT2D eigenvalue weighted by molar-refractivity contribution is -0.149. The molecule has 3 amide bonds. The highest BCUT2D eigenvalue weighted by molar-refractivity contribution is 9.11. The van der Waals surface area contributed by atoms with E-state index < -0.39 is 0 Å². The molecule has 0 saturated carbocycles. The second kappa shape index (κ2) is 10.9. The number of esters is 1. The van der Waals surface area contributed by atoms with Crippen molar-refractivity contribution in [2.45, 2.75) is 39.2 Å². The number of ether oxygens (including phenoxy) is 1. The van der Waals surface area contributed by atoms with Gasteiger partial charge in [0, 0.05) is 37.3 Å². The van der Waals surface area contributed by atoms with Crippen molar-refractivity contribution in [3.63, 3.8) is 0 Å². The van der Waals surface area contributed by atoms with Crippen LogP contribution in [0.15, 0.2) is 34.1 Å². The smallest absolute Gasteiger partial charge is 0.310 e. The number of nitrogens with one attached hydrogen (secondary N) is 1. The fourth-order valence-corrected chi connectivity index (χ4v) is 5.88. The number of piperidine rings is 1. The van der Waals surface area contributed by atoms with Crippen LogP contribution in [-0.4, -0.2) is 60.9 Å². The molecule has 186 valence electrons. The number of aryl methyl sites for hydroxylation is 1. The third-order valence-electron chi connectivity index (χ3n) is 6.34. The highest BCUT2D eigenvalue weighted by atomic mass is 79.9. The van der Waals surface area contributed by atoms with Crippen molar-refractivity contribution in [1.82, 2.24) is 10.2 Å². The Labute approximate surface area is 216 Å². The molecule has 0 radical (unpaired) electrons. The second-order valence-corrected chi connectivity index (χ2v) is 11.3. The van der Waals surface area contributed by atoms with Crippen molar-refractivity contribution in [3.8, 4) is 0 Å². The Balaban J connectivity index is 1.41. The van der Waals surface area contributed by atoms with Gasteiger partial charge in [0.1, 0.15) is 0 Å². The SMILES string of the molecule is CCOC(=O)C1CCCN(C(=O)c2ccc(N3CC(NC(=O)c4ccc(Br)s4)CC3=O)cc2C)C1. The molecule has 1 aromatic heterocycles. The maximum atomic E-state index is 13.2. The molecule has 4 rings (SSSR count). The molecular formula is C25H28BrN3O5S. The van der Waals surface area contributed by atoms with Crippen LogP contribution in [-0.2, 0) is 14.3 Å². The third kappa shape index (κ3) is 5.75. The van der Waals surface area contributed by atoms with Gasteiger partial charge in [-0.2, -0.15) is 0 Å². The summed E-state index contributed by atoms with van der Waals surface area (Å²) in [4.78, 5) is 54.4. The van der Waals surface area contributed by atoms with Gasteiger partial charge in [-0.1, -0.05) is 0 Å². The molecule has 0 aliphatic carbocycles. The summed E-state index contributed by atoms with van der Waals surface area (Å²) >= 11 is 4.70. The molecule has 2 saturated heterocycles. The molecule has 0 bridgehead atoms. The monoisotopic (exact) mass is 561 g/mol. The third-order valence-corrected chi connectivity index (χ3v) is 7.96. The van der Waals surface area contributed by atoms with E-state index in [-0.39, 0.29) is 42.1 Å². The summed E-state index contributed by atoms with van der Waals surface area (Å²) < 4.78 is 6.01. The van der Waals surface area contributed by atoms with Gasteiger partial charge < -0.3 is 19.9 Å². The van der Waals surface area contributed by atoms with E-state index in [0.29, 0.717) is 42.4 Å². The van der Waals surface area contributed by atoms with Crippen molar-refractivity contribution in [2.75, 3.05) is 31.1 Å². The number of hydrogen-bond acceptors (Lipinski definition) is 6. The van der Waals surface area contributed by atoms with Crippen LogP contribution >= 0.6 is 27.3 Å². The van der Waals surface area contributed by atoms with E-state index in [1.165, 1.54) is 11.3 Å². The summed E-state index contributed by atoms with van der Waals surface area (Å²) in [6.45, 7) is 5.28. The molecule has 2 fully saturated rings. The Morgan fingerprint density at radius 2 is 2.00 bits per heavy atom. The Morgan fingerprint density at radius 3 is 2.69 bits per heavy atom. The molecule has 2 aliphatic heterocycles. The van der Waals surface area contributed by atoms with Crippen LogP contribution < -0.4 is 10.2 Å². The first-order valence-corrected chi connectivity index (χ1v) is 13.3. The van der Waals surface area contributed by atoms with Gasteiger partial charge in [0.15, 0.2) is 0 Å². The number of nitrogens with zero attached hydrogens (tertiary/aromatic N) is 2. The van der Waals surface area contributed by atoms with E-state index >= 15 is 0 Å². The fourth-order valence-electron chi connectivity index (χ4n) is 4.59. The molecule has 2 atom stereocenters. The number of carbonyl (C=O) groups is 4. The van der Waals surface area contributed by atoms with Gasteiger partial charge in [-0.25, -0.2) is 0 Å². The average molecular weight is 562 g/mol. The molecule has 2 unspecified atom stereocenters. The quantitative estimate of drug-likeness (QED) is 0.541. The number of rotatable bonds is 6. The van der Waals surface area contributed by atoms with Gasteiger partial charge in [-0.3, -0.25) is 19.2 Å². The summed E-state index contributed by atoms with van der Waals surface area (Å²) in [6.07, 6.45) is 1.70. The van der Waals surface area contributed by atoms with Crippen molar-refractivity contribution in [2.24, 2.45) is 5.92 Å². The summed E-state index contributed by atoms with van der Waals surface area (Å²) in [5, 5.41) is 2.94. The van der Waals surface area contributed by atoms with Crippen LogP contribution in [0.25, 0.3) is 0 Å². The van der Waals surface area contributed by atoms with E-state index in [0.717, 1.165) is 22.2 Å². The molecule has 3 heterocycles. The Hall–Kier alpha value is -2.72. The molecule has 2 aromatic rings. The first-order valence-electron chi connectivity index (χ1n) is 11.7. The van der Waals surface area contributed by atoms with E-state index in [9.17, 15) is 19.2 Å². The minimum Gasteiger partial charge on any atom is -0.466 e. The van der Waals surface area contributed by atoms with Gasteiger partial charge in [-0.05, 0) is 78.5 Å². The lowest BCUT2D eigenvalue weighted by Crippen LogP contribution is -2.43. The van der Waals surface area contributed by atoms with Crippen molar-refractivity contribution >= 4 is 56.6 Å². The largest absolute Gasteiger partial charge is 0.466 e. The maximum Gasteiger partial charge on any atom is 0.310 e. The summed E-state index contributed by atoms with van der Waals surface area (Å²) in [6, 6.07) is 8.62. The standard InChI is InChI=1S/C25H28BrN3O5S/c1-3-34-25(33)16-5-4-10-28(13-16)24(32)19-7-6-18(11-15(19)2)29-14-17(12-22(29)30)27-23(31)20-8-9-21(26)35-20/h6-9,11,16-17H,3-5,10,12-14H2,1-2H3,(H,27,31). The van der Waals surface area contributed by atoms with Crippen LogP contribution in [0.3, 0.4) is 0 Å². The molecule has 0 spiro atoms. The summed E-state index contributed by atoms with van der Waals surface area (Å²) in [5.74, 6) is -0.938. The molecule has 35 heavy (non-hydrogen) atoms. The number of halogens is 1. The minimum absolute atomic E-state index is 0.0746. The minimum atomic E-state index is -0.295. The average Bonchev–Trinajstić information content (AvgIpc) is 3.44. The normalized spacial score (nSPS) is 20.1. The zero-order chi connectivity index (χ0) is 25.1. The number of thiophene rings is 1. The van der Waals surface area contributed by atoms with Crippen LogP contribution in [0, 0.1) is 12.8 Å². The number of hydrogen-bond donors (Lipinski definition) is 1.